The molecule has 6 N–H and O–H groups in total. The van der Waals surface area contributed by atoms with E-state index in [-0.39, 0.29) is 64.9 Å². The normalized spacial score (nSPS) is 35.7. The van der Waals surface area contributed by atoms with E-state index in [9.17, 15) is 24.3 Å². The van der Waals surface area contributed by atoms with E-state index in [2.05, 4.69) is 24.2 Å². The van der Waals surface area contributed by atoms with Crippen molar-refractivity contribution in [1.82, 2.24) is 5.32 Å². The number of nitrogens with zero attached hydrogens (tertiary/aromatic N) is 1. The van der Waals surface area contributed by atoms with Gasteiger partial charge in [-0.05, 0) is 118 Å². The van der Waals surface area contributed by atoms with Crippen LogP contribution in [0.3, 0.4) is 0 Å². The van der Waals surface area contributed by atoms with Gasteiger partial charge in [0.25, 0.3) is 0 Å². The number of hydrogen-bond acceptors (Lipinski definition) is 8. The average Bonchev–Trinajstić information content (AvgIpc) is 3.73. The van der Waals surface area contributed by atoms with E-state index in [0.29, 0.717) is 55.9 Å². The van der Waals surface area contributed by atoms with Gasteiger partial charge in [-0.15, -0.1) is 0 Å². The van der Waals surface area contributed by atoms with Crippen molar-refractivity contribution in [2.45, 2.75) is 146 Å². The number of carbonyl (C=O) groups is 3. The predicted molar refractivity (Wildman–Crippen MR) is 186 cm³/mol. The van der Waals surface area contributed by atoms with Crippen molar-refractivity contribution in [3.05, 3.63) is 34.4 Å². The molecule has 276 valence electrons. The van der Waals surface area contributed by atoms with E-state index in [4.69, 9.17) is 25.4 Å². The van der Waals surface area contributed by atoms with Crippen molar-refractivity contribution >= 4 is 23.8 Å². The third-order valence-corrected chi connectivity index (χ3v) is 13.6. The highest BCUT2D eigenvalue weighted by Crippen LogP contribution is 2.78. The summed E-state index contributed by atoms with van der Waals surface area (Å²) in [5, 5.41) is 12.0. The Bertz CT molecular complexity index is 1490. The number of aliphatic imine (C=N–C) groups is 1. The van der Waals surface area contributed by atoms with Crippen LogP contribution >= 0.6 is 0 Å². The van der Waals surface area contributed by atoms with E-state index in [1.807, 2.05) is 6.07 Å². The summed E-state index contributed by atoms with van der Waals surface area (Å²) in [5.74, 6) is 0.488. The number of carboxylic acid groups (broad SMARTS) is 1. The molecule has 10 atom stereocenters. The highest BCUT2D eigenvalue weighted by atomic mass is 16.6. The van der Waals surface area contributed by atoms with E-state index < -0.39 is 12.0 Å². The zero-order chi connectivity index (χ0) is 35.7. The summed E-state index contributed by atoms with van der Waals surface area (Å²) >= 11 is 0. The first-order valence-electron chi connectivity index (χ1n) is 18.9. The molecule has 0 radical (unpaired) electrons. The quantitative estimate of drug-likeness (QED) is 0.0651. The first-order valence-corrected chi connectivity index (χ1v) is 18.9. The van der Waals surface area contributed by atoms with E-state index in [1.165, 1.54) is 6.42 Å². The zero-order valence-corrected chi connectivity index (χ0v) is 29.7. The van der Waals surface area contributed by atoms with Gasteiger partial charge in [-0.1, -0.05) is 26.7 Å². The summed E-state index contributed by atoms with van der Waals surface area (Å²) in [7, 11) is 0. The molecule has 1 aromatic heterocycles. The number of carboxylic acids is 1. The maximum atomic E-state index is 12.8. The van der Waals surface area contributed by atoms with Crippen molar-refractivity contribution in [2.24, 2.45) is 45.0 Å². The maximum Gasteiger partial charge on any atom is 0.335 e. The van der Waals surface area contributed by atoms with Crippen LogP contribution in [0, 0.1) is 28.6 Å². The van der Waals surface area contributed by atoms with Crippen molar-refractivity contribution < 1.29 is 33.4 Å². The van der Waals surface area contributed by atoms with Gasteiger partial charge in [0.05, 0.1) is 12.4 Å². The van der Waals surface area contributed by atoms with Crippen LogP contribution in [-0.4, -0.2) is 59.3 Å². The zero-order valence-electron chi connectivity index (χ0n) is 29.7. The molecule has 12 heteroatoms. The predicted octanol–water partition coefficient (Wildman–Crippen LogP) is 4.77. The number of nitrogens with two attached hydrogens (primary N) is 2. The molecule has 50 heavy (non-hydrogen) atoms. The number of amides is 1. The van der Waals surface area contributed by atoms with Crippen molar-refractivity contribution in [2.75, 3.05) is 6.54 Å². The number of guanidine groups is 1. The third-order valence-electron chi connectivity index (χ3n) is 13.6. The number of epoxide rings is 1. The minimum atomic E-state index is -1.08. The molecule has 1 spiro atoms. The number of nitrogens with one attached hydrogen (secondary N) is 1. The molecule has 3 unspecified atom stereocenters. The standard InChI is InChI=1S/C38H56N4O8/c1-36-17-15-25(49-33(45)10-6-4-3-5-9-31(43)42-29(34(46)47)8-7-19-41-35(39)40)20-24(36)12-13-27-26(36)16-18-37(2)28(21-30-38(27,37)50-30)23-11-14-32(44)48-22-23/h11,14,22,24-30H,3-10,12-13,15-21H2,1-2H3,(H,42,43)(H,46,47)(H4,39,40,41)/t24-,25+,26?,27-,28?,29?,30-,36+,37-,38-/m1/s1. The van der Waals surface area contributed by atoms with Crippen LogP contribution in [0.2, 0.25) is 0 Å². The van der Waals surface area contributed by atoms with Crippen LogP contribution in [0.25, 0.3) is 0 Å². The molecule has 1 amide bonds. The molecule has 1 aromatic rings. The Kier molecular flexibility index (Phi) is 10.7. The Balaban J connectivity index is 0.906. The van der Waals surface area contributed by atoms with E-state index in [1.54, 1.807) is 12.3 Å². The van der Waals surface area contributed by atoms with E-state index >= 15 is 0 Å². The molecule has 0 aromatic carbocycles. The second-order valence-corrected chi connectivity index (χ2v) is 16.2. The maximum absolute atomic E-state index is 12.8. The number of hydrogen-bond donors (Lipinski definition) is 4. The minimum Gasteiger partial charge on any atom is -0.480 e. The van der Waals surface area contributed by atoms with Crippen LogP contribution in [0.4, 0.5) is 0 Å². The lowest BCUT2D eigenvalue weighted by Gasteiger charge is -2.61. The molecular formula is C38H56N4O8. The summed E-state index contributed by atoms with van der Waals surface area (Å²) in [5.41, 5.74) is 11.6. The Morgan fingerprint density at radius 2 is 1.78 bits per heavy atom. The molecule has 1 saturated heterocycles. The summed E-state index contributed by atoms with van der Waals surface area (Å²) in [6, 6.07) is 2.54. The largest absolute Gasteiger partial charge is 0.480 e. The molecule has 4 aliphatic carbocycles. The lowest BCUT2D eigenvalue weighted by atomic mass is 9.44. The molecule has 0 bridgehead atoms. The number of carbonyl (C=O) groups excluding carboxylic acids is 2. The van der Waals surface area contributed by atoms with Gasteiger partial charge < -0.3 is 35.8 Å². The summed E-state index contributed by atoms with van der Waals surface area (Å²) in [6.45, 7) is 5.23. The second kappa shape index (κ2) is 14.7. The number of unbranched alkanes of at least 4 members (excludes halogenated alkanes) is 3. The van der Waals surface area contributed by atoms with Gasteiger partial charge in [-0.25, -0.2) is 9.59 Å². The van der Waals surface area contributed by atoms with Crippen molar-refractivity contribution in [3.8, 4) is 0 Å². The van der Waals surface area contributed by atoms with Crippen LogP contribution in [0.1, 0.15) is 128 Å². The fourth-order valence-corrected chi connectivity index (χ4v) is 11.0. The lowest BCUT2D eigenvalue weighted by Crippen LogP contribution is -2.58. The van der Waals surface area contributed by atoms with E-state index in [0.717, 1.165) is 63.4 Å². The Morgan fingerprint density at radius 3 is 2.50 bits per heavy atom. The van der Waals surface area contributed by atoms with Gasteiger partial charge in [0, 0.05) is 30.9 Å². The number of fused-ring (bicyclic) bond motifs is 3. The average molecular weight is 697 g/mol. The Labute approximate surface area is 294 Å². The van der Waals surface area contributed by atoms with Crippen LogP contribution in [-0.2, 0) is 23.9 Å². The lowest BCUT2D eigenvalue weighted by molar-refractivity contribution is -0.164. The Morgan fingerprint density at radius 1 is 1.00 bits per heavy atom. The fraction of sp³-hybridized carbons (Fsp3) is 0.763. The summed E-state index contributed by atoms with van der Waals surface area (Å²) in [4.78, 5) is 52.1. The number of aliphatic carboxylic acids is 1. The molecule has 4 saturated carbocycles. The topological polar surface area (TPSA) is 200 Å². The molecule has 2 heterocycles. The molecule has 12 nitrogen and oxygen atoms in total. The number of ether oxygens (including phenoxy) is 2. The monoisotopic (exact) mass is 696 g/mol. The highest BCUT2D eigenvalue weighted by Gasteiger charge is 2.80. The van der Waals surface area contributed by atoms with Crippen molar-refractivity contribution in [3.63, 3.8) is 0 Å². The molecule has 5 aliphatic rings. The number of esters is 1. The van der Waals surface area contributed by atoms with Gasteiger partial charge in [0.2, 0.25) is 5.91 Å². The second-order valence-electron chi connectivity index (χ2n) is 16.2. The van der Waals surface area contributed by atoms with Gasteiger partial charge in [0.1, 0.15) is 17.7 Å². The first kappa shape index (κ1) is 36.4. The molecule has 6 rings (SSSR count). The van der Waals surface area contributed by atoms with Gasteiger partial charge in [-0.3, -0.25) is 14.6 Å². The first-order chi connectivity index (χ1) is 23.9. The fourth-order valence-electron chi connectivity index (χ4n) is 11.0. The van der Waals surface area contributed by atoms with Gasteiger partial charge in [-0.2, -0.15) is 0 Å². The smallest absolute Gasteiger partial charge is 0.335 e. The van der Waals surface area contributed by atoms with Crippen LogP contribution in [0.5, 0.6) is 0 Å². The summed E-state index contributed by atoms with van der Waals surface area (Å²) < 4.78 is 18.0. The third kappa shape index (κ3) is 7.05. The molecule has 1 aliphatic heterocycles. The van der Waals surface area contributed by atoms with Crippen molar-refractivity contribution in [1.29, 1.82) is 0 Å². The summed E-state index contributed by atoms with van der Waals surface area (Å²) in [6.07, 6.45) is 14.7. The number of rotatable bonds is 15. The Hall–Kier alpha value is -3.41. The van der Waals surface area contributed by atoms with Crippen LogP contribution < -0.4 is 22.4 Å². The van der Waals surface area contributed by atoms with Crippen LogP contribution in [0.15, 0.2) is 32.6 Å². The molecule has 5 fully saturated rings. The minimum absolute atomic E-state index is 0.0250. The molecular weight excluding hydrogens is 640 g/mol. The van der Waals surface area contributed by atoms with Gasteiger partial charge >= 0.3 is 17.6 Å². The SMILES string of the molecule is C[C@]12CC[C@H](OC(=O)CCCCCCC(=O)NC(CCCN=C(N)N)C(=O)O)C[C@H]1CC[C@@H]1C2CC[C@]2(C)C(c3ccc(=O)oc3)C[C@H]3O[C@]132. The van der Waals surface area contributed by atoms with Gasteiger partial charge in [0.15, 0.2) is 5.96 Å². The highest BCUT2D eigenvalue weighted by molar-refractivity contribution is 5.83.